The molecule has 0 aliphatic heterocycles. The molecular formula is C11H17N3O4. The molecular weight excluding hydrogens is 238 g/mol. The number of carboxylic acid groups (broad SMARTS) is 1. The van der Waals surface area contributed by atoms with Crippen molar-refractivity contribution < 1.29 is 19.4 Å². The van der Waals surface area contributed by atoms with Gasteiger partial charge in [-0.25, -0.2) is 9.78 Å². The molecule has 1 heterocycles. The third kappa shape index (κ3) is 4.96. The van der Waals surface area contributed by atoms with Gasteiger partial charge in [0, 0.05) is 32.3 Å². The van der Waals surface area contributed by atoms with Crippen LogP contribution in [0.25, 0.3) is 0 Å². The quantitative estimate of drug-likeness (QED) is 0.644. The Morgan fingerprint density at radius 1 is 1.56 bits per heavy atom. The van der Waals surface area contributed by atoms with Crippen LogP contribution in [0.2, 0.25) is 0 Å². The van der Waals surface area contributed by atoms with Gasteiger partial charge >= 0.3 is 5.97 Å². The third-order valence-electron chi connectivity index (χ3n) is 2.22. The minimum atomic E-state index is -1.06. The predicted octanol–water partition coefficient (Wildman–Crippen LogP) is 0.124. The minimum Gasteiger partial charge on any atom is -0.476 e. The molecule has 0 aliphatic rings. The van der Waals surface area contributed by atoms with E-state index >= 15 is 0 Å². The van der Waals surface area contributed by atoms with E-state index in [0.29, 0.717) is 32.7 Å². The topological polar surface area (TPSA) is 93.5 Å². The largest absolute Gasteiger partial charge is 0.476 e. The summed E-state index contributed by atoms with van der Waals surface area (Å²) < 4.78 is 6.67. The van der Waals surface area contributed by atoms with Crippen molar-refractivity contribution in [1.82, 2.24) is 14.9 Å². The number of nitrogens with one attached hydrogen (secondary N) is 1. The summed E-state index contributed by atoms with van der Waals surface area (Å²) in [7, 11) is 0. The highest BCUT2D eigenvalue weighted by Gasteiger charge is 2.06. The van der Waals surface area contributed by atoms with Gasteiger partial charge in [-0.15, -0.1) is 0 Å². The maximum absolute atomic E-state index is 11.3. The Labute approximate surface area is 105 Å². The minimum absolute atomic E-state index is 0.00216. The van der Waals surface area contributed by atoms with Crippen LogP contribution >= 0.6 is 0 Å². The molecule has 2 N–H and O–H groups in total. The van der Waals surface area contributed by atoms with Crippen molar-refractivity contribution >= 4 is 11.9 Å². The highest BCUT2D eigenvalue weighted by molar-refractivity contribution is 5.84. The Bertz CT molecular complexity index is 403. The van der Waals surface area contributed by atoms with E-state index in [-0.39, 0.29) is 11.6 Å². The number of imidazole rings is 1. The summed E-state index contributed by atoms with van der Waals surface area (Å²) >= 11 is 0. The fraction of sp³-hybridized carbons (Fsp3) is 0.545. The van der Waals surface area contributed by atoms with Crippen molar-refractivity contribution in [3.63, 3.8) is 0 Å². The summed E-state index contributed by atoms with van der Waals surface area (Å²) in [6, 6.07) is 0. The molecule has 7 heteroatoms. The molecule has 0 saturated carbocycles. The lowest BCUT2D eigenvalue weighted by molar-refractivity contribution is -0.122. The summed E-state index contributed by atoms with van der Waals surface area (Å²) in [4.78, 5) is 25.6. The first-order valence-electron chi connectivity index (χ1n) is 5.73. The molecule has 0 aromatic carbocycles. The highest BCUT2D eigenvalue weighted by Crippen LogP contribution is 1.95. The van der Waals surface area contributed by atoms with Gasteiger partial charge in [0.1, 0.15) is 0 Å². The van der Waals surface area contributed by atoms with Crippen LogP contribution in [-0.2, 0) is 16.1 Å². The van der Waals surface area contributed by atoms with Gasteiger partial charge in [-0.2, -0.15) is 0 Å². The van der Waals surface area contributed by atoms with Crippen molar-refractivity contribution in [2.75, 3.05) is 19.8 Å². The Hall–Kier alpha value is -1.89. The first-order chi connectivity index (χ1) is 8.63. The smallest absolute Gasteiger partial charge is 0.356 e. The van der Waals surface area contributed by atoms with Crippen molar-refractivity contribution in [3.8, 4) is 0 Å². The maximum atomic E-state index is 11.3. The molecule has 7 nitrogen and oxygen atoms in total. The van der Waals surface area contributed by atoms with Crippen LogP contribution in [0.5, 0.6) is 0 Å². The lowest BCUT2D eigenvalue weighted by Crippen LogP contribution is -2.27. The Kier molecular flexibility index (Phi) is 5.86. The van der Waals surface area contributed by atoms with Gasteiger partial charge in [-0.05, 0) is 6.92 Å². The molecule has 18 heavy (non-hydrogen) atoms. The van der Waals surface area contributed by atoms with Crippen molar-refractivity contribution in [2.24, 2.45) is 0 Å². The molecule has 0 aliphatic carbocycles. The number of aromatic carboxylic acids is 1. The summed E-state index contributed by atoms with van der Waals surface area (Å²) in [5.41, 5.74) is -0.00216. The third-order valence-corrected chi connectivity index (χ3v) is 2.22. The summed E-state index contributed by atoms with van der Waals surface area (Å²) in [5.74, 6) is -1.14. The molecule has 0 spiro atoms. The number of carbonyl (C=O) groups excluding carboxylic acids is 1. The van der Waals surface area contributed by atoms with E-state index in [1.165, 1.54) is 12.5 Å². The molecule has 0 radical (unpaired) electrons. The number of carbonyl (C=O) groups is 2. The summed E-state index contributed by atoms with van der Waals surface area (Å²) in [6.07, 6.45) is 3.18. The number of ether oxygens (including phenoxy) is 1. The molecule has 0 atom stereocenters. The zero-order valence-electron chi connectivity index (χ0n) is 10.3. The number of amides is 1. The molecule has 0 bridgehead atoms. The first-order valence-corrected chi connectivity index (χ1v) is 5.73. The maximum Gasteiger partial charge on any atom is 0.356 e. The van der Waals surface area contributed by atoms with Gasteiger partial charge in [-0.1, -0.05) is 0 Å². The van der Waals surface area contributed by atoms with Crippen LogP contribution in [0.1, 0.15) is 23.8 Å². The number of rotatable bonds is 8. The van der Waals surface area contributed by atoms with Gasteiger partial charge in [0.05, 0.1) is 12.9 Å². The Morgan fingerprint density at radius 3 is 2.94 bits per heavy atom. The average Bonchev–Trinajstić information content (AvgIpc) is 2.78. The van der Waals surface area contributed by atoms with Gasteiger partial charge in [0.2, 0.25) is 5.91 Å². The molecule has 0 fully saturated rings. The van der Waals surface area contributed by atoms with Crippen LogP contribution < -0.4 is 5.32 Å². The number of hydrogen-bond acceptors (Lipinski definition) is 4. The molecule has 0 saturated heterocycles. The molecule has 1 aromatic heterocycles. The molecule has 1 amide bonds. The Balaban J connectivity index is 2.20. The van der Waals surface area contributed by atoms with E-state index in [1.54, 1.807) is 4.57 Å². The van der Waals surface area contributed by atoms with E-state index in [9.17, 15) is 9.59 Å². The van der Waals surface area contributed by atoms with E-state index in [0.717, 1.165) is 0 Å². The van der Waals surface area contributed by atoms with Crippen LogP contribution in [0.3, 0.4) is 0 Å². The van der Waals surface area contributed by atoms with Crippen molar-refractivity contribution in [1.29, 1.82) is 0 Å². The van der Waals surface area contributed by atoms with Crippen molar-refractivity contribution in [3.05, 3.63) is 18.2 Å². The lowest BCUT2D eigenvalue weighted by Gasteiger charge is -2.05. The van der Waals surface area contributed by atoms with Gasteiger partial charge < -0.3 is 19.7 Å². The van der Waals surface area contributed by atoms with Gasteiger partial charge in [-0.3, -0.25) is 4.79 Å². The van der Waals surface area contributed by atoms with E-state index in [4.69, 9.17) is 9.84 Å². The fourth-order valence-corrected chi connectivity index (χ4v) is 1.31. The molecule has 0 unspecified atom stereocenters. The second kappa shape index (κ2) is 7.44. The van der Waals surface area contributed by atoms with Crippen LogP contribution in [-0.4, -0.2) is 46.3 Å². The van der Waals surface area contributed by atoms with Crippen LogP contribution in [0.15, 0.2) is 12.5 Å². The van der Waals surface area contributed by atoms with Crippen LogP contribution in [0, 0.1) is 0 Å². The zero-order chi connectivity index (χ0) is 13.4. The van der Waals surface area contributed by atoms with E-state index in [2.05, 4.69) is 10.3 Å². The van der Waals surface area contributed by atoms with Crippen LogP contribution in [0.4, 0.5) is 0 Å². The zero-order valence-corrected chi connectivity index (χ0v) is 10.3. The van der Waals surface area contributed by atoms with Gasteiger partial charge in [0.25, 0.3) is 0 Å². The molecule has 1 rings (SSSR count). The highest BCUT2D eigenvalue weighted by atomic mass is 16.5. The molecule has 100 valence electrons. The second-order valence-electron chi connectivity index (χ2n) is 3.60. The molecule has 1 aromatic rings. The van der Waals surface area contributed by atoms with Crippen molar-refractivity contribution in [2.45, 2.75) is 19.9 Å². The van der Waals surface area contributed by atoms with E-state index < -0.39 is 5.97 Å². The number of aromatic nitrogens is 2. The second-order valence-corrected chi connectivity index (χ2v) is 3.60. The van der Waals surface area contributed by atoms with E-state index in [1.807, 2.05) is 6.92 Å². The average molecular weight is 255 g/mol. The predicted molar refractivity (Wildman–Crippen MR) is 63.3 cm³/mol. The fourth-order valence-electron chi connectivity index (χ4n) is 1.31. The number of carboxylic acids is 1. The number of nitrogens with zero attached hydrogens (tertiary/aromatic N) is 2. The number of hydrogen-bond donors (Lipinski definition) is 2. The Morgan fingerprint density at radius 2 is 2.33 bits per heavy atom. The summed E-state index contributed by atoms with van der Waals surface area (Å²) in [5, 5.41) is 11.4. The normalized spacial score (nSPS) is 10.3. The summed E-state index contributed by atoms with van der Waals surface area (Å²) in [6.45, 7) is 3.80. The monoisotopic (exact) mass is 255 g/mol. The van der Waals surface area contributed by atoms with Gasteiger partial charge in [0.15, 0.2) is 5.69 Å². The SMILES string of the molecule is CCOCCC(=O)NCCn1cnc(C(=O)O)c1. The standard InChI is InChI=1S/C11H17N3O4/c1-2-18-6-3-10(15)12-4-5-14-7-9(11(16)17)13-8-14/h7-8H,2-6H2,1H3,(H,12,15)(H,16,17). The first kappa shape index (κ1) is 14.2. The lowest BCUT2D eigenvalue weighted by atomic mass is 10.4.